The Morgan fingerprint density at radius 2 is 1.92 bits per heavy atom. The molecule has 0 fully saturated rings. The smallest absolute Gasteiger partial charge is 0.161 e. The van der Waals surface area contributed by atoms with Gasteiger partial charge in [-0.05, 0) is 29.8 Å². The van der Waals surface area contributed by atoms with Gasteiger partial charge in [-0.1, -0.05) is 29.8 Å². The SMILES string of the molecule is COc1cc(/C=N/n2cnnc2)ccc1OCc1ccccc1Cl. The van der Waals surface area contributed by atoms with Crippen LogP contribution in [-0.4, -0.2) is 28.2 Å². The summed E-state index contributed by atoms with van der Waals surface area (Å²) in [5.41, 5.74) is 1.78. The van der Waals surface area contributed by atoms with Gasteiger partial charge in [-0.25, -0.2) is 4.68 Å². The van der Waals surface area contributed by atoms with Gasteiger partial charge in [-0.2, -0.15) is 5.10 Å². The van der Waals surface area contributed by atoms with Crippen LogP contribution < -0.4 is 9.47 Å². The summed E-state index contributed by atoms with van der Waals surface area (Å²) in [6.45, 7) is 0.365. The minimum absolute atomic E-state index is 0.365. The molecule has 3 aromatic rings. The van der Waals surface area contributed by atoms with E-state index in [1.165, 1.54) is 17.3 Å². The number of methoxy groups -OCH3 is 1. The van der Waals surface area contributed by atoms with Crippen LogP contribution in [0.3, 0.4) is 0 Å². The number of hydrogen-bond acceptors (Lipinski definition) is 5. The van der Waals surface area contributed by atoms with Crippen LogP contribution in [0, 0.1) is 0 Å². The lowest BCUT2D eigenvalue weighted by Crippen LogP contribution is -1.99. The quantitative estimate of drug-likeness (QED) is 0.644. The van der Waals surface area contributed by atoms with Crippen molar-refractivity contribution < 1.29 is 9.47 Å². The summed E-state index contributed by atoms with van der Waals surface area (Å²) in [5.74, 6) is 1.26. The Labute approximate surface area is 144 Å². The molecule has 0 saturated carbocycles. The van der Waals surface area contributed by atoms with Gasteiger partial charge >= 0.3 is 0 Å². The number of nitrogens with zero attached hydrogens (tertiary/aromatic N) is 4. The van der Waals surface area contributed by atoms with E-state index in [1.54, 1.807) is 13.3 Å². The number of halogens is 1. The predicted molar refractivity (Wildman–Crippen MR) is 91.8 cm³/mol. The van der Waals surface area contributed by atoms with Gasteiger partial charge in [0.2, 0.25) is 0 Å². The Bertz CT molecular complexity index is 834. The van der Waals surface area contributed by atoms with Gasteiger partial charge in [-0.3, -0.25) is 0 Å². The molecule has 0 unspecified atom stereocenters. The maximum atomic E-state index is 6.14. The van der Waals surface area contributed by atoms with E-state index in [0.29, 0.717) is 23.1 Å². The van der Waals surface area contributed by atoms with Gasteiger partial charge in [0.05, 0.1) is 13.3 Å². The molecule has 0 N–H and O–H groups in total. The van der Waals surface area contributed by atoms with Gasteiger partial charge in [0.25, 0.3) is 0 Å². The standard InChI is InChI=1S/C17H15ClN4O2/c1-23-17-8-13(9-21-22-11-19-20-12-22)6-7-16(17)24-10-14-4-2-3-5-15(14)18/h2-9,11-12H,10H2,1H3/b21-9+. The van der Waals surface area contributed by atoms with Crippen molar-refractivity contribution in [2.45, 2.75) is 6.61 Å². The average molecular weight is 343 g/mol. The van der Waals surface area contributed by atoms with Gasteiger partial charge in [0.15, 0.2) is 11.5 Å². The predicted octanol–water partition coefficient (Wildman–Crippen LogP) is 3.40. The van der Waals surface area contributed by atoms with Crippen LogP contribution in [0.4, 0.5) is 0 Å². The zero-order valence-electron chi connectivity index (χ0n) is 13.0. The van der Waals surface area contributed by atoms with Crippen molar-refractivity contribution in [3.63, 3.8) is 0 Å². The topological polar surface area (TPSA) is 61.5 Å². The van der Waals surface area contributed by atoms with E-state index in [1.807, 2.05) is 42.5 Å². The molecule has 6 nitrogen and oxygen atoms in total. The molecule has 0 saturated heterocycles. The van der Waals surface area contributed by atoms with E-state index in [9.17, 15) is 0 Å². The summed E-state index contributed by atoms with van der Waals surface area (Å²) in [4.78, 5) is 0. The van der Waals surface area contributed by atoms with Gasteiger partial charge in [0.1, 0.15) is 19.3 Å². The lowest BCUT2D eigenvalue weighted by atomic mass is 10.2. The summed E-state index contributed by atoms with van der Waals surface area (Å²) >= 11 is 6.14. The first kappa shape index (κ1) is 16.0. The van der Waals surface area contributed by atoms with Gasteiger partial charge < -0.3 is 9.47 Å². The summed E-state index contributed by atoms with van der Waals surface area (Å²) < 4.78 is 12.7. The van der Waals surface area contributed by atoms with E-state index in [4.69, 9.17) is 21.1 Å². The number of rotatable bonds is 6. The first-order valence-corrected chi connectivity index (χ1v) is 7.57. The van der Waals surface area contributed by atoms with Crippen molar-refractivity contribution in [1.82, 2.24) is 14.9 Å². The molecule has 1 heterocycles. The van der Waals surface area contributed by atoms with Crippen LogP contribution in [0.15, 0.2) is 60.2 Å². The maximum absolute atomic E-state index is 6.14. The Kier molecular flexibility index (Phi) is 5.08. The lowest BCUT2D eigenvalue weighted by Gasteiger charge is -2.12. The van der Waals surface area contributed by atoms with E-state index >= 15 is 0 Å². The summed E-state index contributed by atoms with van der Waals surface area (Å²) in [7, 11) is 1.60. The number of benzene rings is 2. The first-order valence-electron chi connectivity index (χ1n) is 7.19. The molecule has 0 aliphatic rings. The van der Waals surface area contributed by atoms with Crippen molar-refractivity contribution in [3.8, 4) is 11.5 Å². The molecule has 0 atom stereocenters. The van der Waals surface area contributed by atoms with Crippen molar-refractivity contribution in [3.05, 3.63) is 71.3 Å². The van der Waals surface area contributed by atoms with Crippen LogP contribution in [0.2, 0.25) is 5.02 Å². The highest BCUT2D eigenvalue weighted by Gasteiger charge is 2.07. The Morgan fingerprint density at radius 1 is 1.12 bits per heavy atom. The third-order valence-corrected chi connectivity index (χ3v) is 3.64. The largest absolute Gasteiger partial charge is 0.493 e. The van der Waals surface area contributed by atoms with Crippen LogP contribution in [0.25, 0.3) is 0 Å². The fourth-order valence-corrected chi connectivity index (χ4v) is 2.23. The number of hydrogen-bond donors (Lipinski definition) is 0. The fourth-order valence-electron chi connectivity index (χ4n) is 2.04. The minimum Gasteiger partial charge on any atom is -0.493 e. The molecule has 7 heteroatoms. The normalized spacial score (nSPS) is 10.9. The Balaban J connectivity index is 1.73. The second-order valence-corrected chi connectivity index (χ2v) is 5.28. The third-order valence-electron chi connectivity index (χ3n) is 3.28. The third kappa shape index (κ3) is 3.91. The van der Waals surface area contributed by atoms with Gasteiger partial charge in [0, 0.05) is 10.6 Å². The second kappa shape index (κ2) is 7.61. The molecular weight excluding hydrogens is 328 g/mol. The molecule has 0 bridgehead atoms. The summed E-state index contributed by atoms with van der Waals surface area (Å²) in [5, 5.41) is 12.2. The zero-order chi connectivity index (χ0) is 16.8. The molecule has 0 aliphatic carbocycles. The first-order chi connectivity index (χ1) is 11.8. The highest BCUT2D eigenvalue weighted by Crippen LogP contribution is 2.29. The van der Waals surface area contributed by atoms with E-state index in [-0.39, 0.29) is 0 Å². The molecule has 24 heavy (non-hydrogen) atoms. The highest BCUT2D eigenvalue weighted by atomic mass is 35.5. The van der Waals surface area contributed by atoms with E-state index in [2.05, 4.69) is 15.3 Å². The fraction of sp³-hybridized carbons (Fsp3) is 0.118. The van der Waals surface area contributed by atoms with E-state index < -0.39 is 0 Å². The zero-order valence-corrected chi connectivity index (χ0v) is 13.7. The van der Waals surface area contributed by atoms with Crippen molar-refractivity contribution in [2.24, 2.45) is 5.10 Å². The van der Waals surface area contributed by atoms with Gasteiger partial charge in [-0.15, -0.1) is 10.2 Å². The highest BCUT2D eigenvalue weighted by molar-refractivity contribution is 6.31. The molecule has 3 rings (SSSR count). The van der Waals surface area contributed by atoms with Crippen molar-refractivity contribution >= 4 is 17.8 Å². The molecule has 2 aromatic carbocycles. The monoisotopic (exact) mass is 342 g/mol. The van der Waals surface area contributed by atoms with E-state index in [0.717, 1.165) is 11.1 Å². The van der Waals surface area contributed by atoms with Crippen LogP contribution >= 0.6 is 11.6 Å². The summed E-state index contributed by atoms with van der Waals surface area (Å²) in [6, 6.07) is 13.1. The number of ether oxygens (including phenoxy) is 2. The Morgan fingerprint density at radius 3 is 2.67 bits per heavy atom. The molecule has 122 valence electrons. The maximum Gasteiger partial charge on any atom is 0.161 e. The summed E-state index contributed by atoms with van der Waals surface area (Å²) in [6.07, 6.45) is 4.70. The second-order valence-electron chi connectivity index (χ2n) is 4.88. The molecule has 0 amide bonds. The Hall–Kier alpha value is -2.86. The van der Waals surface area contributed by atoms with Crippen LogP contribution in [-0.2, 0) is 6.61 Å². The molecule has 0 radical (unpaired) electrons. The molecule has 1 aromatic heterocycles. The van der Waals surface area contributed by atoms with Crippen molar-refractivity contribution in [1.29, 1.82) is 0 Å². The van der Waals surface area contributed by atoms with Crippen LogP contribution in [0.1, 0.15) is 11.1 Å². The molecule has 0 aliphatic heterocycles. The molecular formula is C17H15ClN4O2. The van der Waals surface area contributed by atoms with Crippen molar-refractivity contribution in [2.75, 3.05) is 7.11 Å². The average Bonchev–Trinajstić information content (AvgIpc) is 3.13. The molecule has 0 spiro atoms. The minimum atomic E-state index is 0.365. The van der Waals surface area contributed by atoms with Crippen LogP contribution in [0.5, 0.6) is 11.5 Å². The number of aromatic nitrogens is 3. The lowest BCUT2D eigenvalue weighted by molar-refractivity contribution is 0.284.